The average Bonchev–Trinajstić information content (AvgIpc) is 0.811. The van der Waals surface area contributed by atoms with Crippen LogP contribution in [0.15, 0.2) is 0 Å². The Bertz CT molecular complexity index is 32.6. The molecule has 0 aliphatic carbocycles. The van der Waals surface area contributed by atoms with Crippen molar-refractivity contribution in [2.24, 2.45) is 0 Å². The van der Waals surface area contributed by atoms with Crippen LogP contribution in [0.1, 0.15) is 0 Å². The normalized spacial score (nSPS) is 4.80. The molecule has 0 aliphatic heterocycles. The number of hydrogen-bond acceptors (Lipinski definition) is 1. The van der Waals surface area contributed by atoms with Gasteiger partial charge in [0.2, 0.25) is 6.09 Å². The fourth-order valence-electron chi connectivity index (χ4n) is 0. The van der Waals surface area contributed by atoms with Crippen molar-refractivity contribution in [3.8, 4) is 0 Å². The number of amides is 1. The Kier molecular flexibility index (Phi) is 6.70. The molecule has 0 spiro atoms. The van der Waals surface area contributed by atoms with Crippen LogP contribution in [0.5, 0.6) is 0 Å². The van der Waals surface area contributed by atoms with Gasteiger partial charge in [-0.1, -0.05) is 0 Å². The molecule has 4 heteroatoms. The third-order valence-corrected chi connectivity index (χ3v) is 0. The molecule has 0 heterocycles. The van der Waals surface area contributed by atoms with Gasteiger partial charge in [-0.25, -0.2) is 0 Å². The molecule has 0 unspecified atom stereocenters. The van der Waals surface area contributed by atoms with Gasteiger partial charge in [-0.3, -0.25) is 4.79 Å². The first kappa shape index (κ1) is 8.84. The van der Waals surface area contributed by atoms with Crippen molar-refractivity contribution in [1.29, 1.82) is 0 Å². The first-order valence-electron chi connectivity index (χ1n) is 0.678. The number of carbonyl (C=O) groups is 1. The second kappa shape index (κ2) is 3.79. The quantitative estimate of drug-likeness (QED) is 0.472. The van der Waals surface area contributed by atoms with Crippen molar-refractivity contribution >= 4 is 6.09 Å². The van der Waals surface area contributed by atoms with Crippen LogP contribution in [0.3, 0.4) is 0 Å². The van der Waals surface area contributed by atoms with Crippen LogP contribution in [0.4, 0.5) is 4.79 Å². The zero-order chi connectivity index (χ0) is 3.58. The zero-order valence-corrected chi connectivity index (χ0v) is 3.41. The van der Waals surface area contributed by atoms with Gasteiger partial charge in [0.05, 0.1) is 0 Å². The predicted octanol–water partition coefficient (Wildman–Crippen LogP) is 0.714. The van der Waals surface area contributed by atoms with E-state index in [4.69, 9.17) is 15.6 Å². The van der Waals surface area contributed by atoms with Crippen molar-refractivity contribution in [2.75, 3.05) is 0 Å². The van der Waals surface area contributed by atoms with E-state index < -0.39 is 6.09 Å². The van der Waals surface area contributed by atoms with Crippen LogP contribution in [-0.2, 0) is 17.1 Å². The average molecular weight is 115 g/mol. The van der Waals surface area contributed by atoms with E-state index in [-0.39, 0.29) is 17.1 Å². The largest absolute Gasteiger partial charge is 0.632 e. The molecule has 2 N–H and O–H groups in total. The van der Waals surface area contributed by atoms with Gasteiger partial charge < -0.3 is 10.8 Å². The van der Waals surface area contributed by atoms with Crippen LogP contribution in [0.25, 0.3) is 5.73 Å². The maximum Gasteiger partial charge on any atom is 0.224 e. The fourth-order valence-corrected chi connectivity index (χ4v) is 0. The van der Waals surface area contributed by atoms with Gasteiger partial charge in [0, 0.05) is 17.1 Å². The van der Waals surface area contributed by atoms with Gasteiger partial charge >= 0.3 is 0 Å². The smallest absolute Gasteiger partial charge is 0.224 e. The fraction of sp³-hybridized carbons (Fsp3) is 0. The minimum Gasteiger partial charge on any atom is -0.632 e. The van der Waals surface area contributed by atoms with E-state index in [1.807, 2.05) is 0 Å². The van der Waals surface area contributed by atoms with Gasteiger partial charge in [-0.15, -0.1) is 0 Å². The molecule has 0 rings (SSSR count). The second-order valence-corrected chi connectivity index (χ2v) is 0.305. The molecular formula is CH2MnNO2-. The molecule has 0 saturated carbocycles. The molecule has 1 radical (unpaired) electrons. The molecule has 0 saturated heterocycles. The molecule has 5 heavy (non-hydrogen) atoms. The summed E-state index contributed by atoms with van der Waals surface area (Å²) in [6.07, 6.45) is -1.58. The minimum absolute atomic E-state index is 0. The SMILES string of the molecule is [Mn].[NH-]C(=O)O. The van der Waals surface area contributed by atoms with Crippen LogP contribution in [0, 0.1) is 0 Å². The number of carboxylic acid groups (broad SMARTS) is 1. The van der Waals surface area contributed by atoms with Crippen molar-refractivity contribution in [3.05, 3.63) is 5.73 Å². The molecule has 0 fully saturated rings. The van der Waals surface area contributed by atoms with Crippen molar-refractivity contribution in [2.45, 2.75) is 0 Å². The first-order valence-corrected chi connectivity index (χ1v) is 0.678. The zero-order valence-electron chi connectivity index (χ0n) is 2.23. The van der Waals surface area contributed by atoms with Crippen LogP contribution in [0.2, 0.25) is 0 Å². The number of hydrogen-bond donors (Lipinski definition) is 1. The van der Waals surface area contributed by atoms with Gasteiger partial charge in [0.1, 0.15) is 0 Å². The molecule has 31 valence electrons. The monoisotopic (exact) mass is 115 g/mol. The molecule has 0 aliphatic rings. The summed E-state index contributed by atoms with van der Waals surface area (Å²) >= 11 is 0. The Labute approximate surface area is 39.6 Å². The van der Waals surface area contributed by atoms with Crippen molar-refractivity contribution in [1.82, 2.24) is 0 Å². The van der Waals surface area contributed by atoms with E-state index >= 15 is 0 Å². The molecular weight excluding hydrogens is 113 g/mol. The van der Waals surface area contributed by atoms with Crippen molar-refractivity contribution < 1.29 is 27.0 Å². The summed E-state index contributed by atoms with van der Waals surface area (Å²) in [6.45, 7) is 0. The summed E-state index contributed by atoms with van der Waals surface area (Å²) in [5.41, 5.74) is 5.50. The molecule has 1 amide bonds. The van der Waals surface area contributed by atoms with E-state index in [0.717, 1.165) is 0 Å². The summed E-state index contributed by atoms with van der Waals surface area (Å²) in [6, 6.07) is 0. The van der Waals surface area contributed by atoms with Crippen LogP contribution < -0.4 is 0 Å². The van der Waals surface area contributed by atoms with E-state index in [2.05, 4.69) is 0 Å². The van der Waals surface area contributed by atoms with Gasteiger partial charge in [0.15, 0.2) is 0 Å². The van der Waals surface area contributed by atoms with Crippen molar-refractivity contribution in [3.63, 3.8) is 0 Å². The Balaban J connectivity index is 0. The third-order valence-electron chi connectivity index (χ3n) is 0. The maximum atomic E-state index is 8.67. The van der Waals surface area contributed by atoms with E-state index in [9.17, 15) is 0 Å². The summed E-state index contributed by atoms with van der Waals surface area (Å²) in [5.74, 6) is 0. The van der Waals surface area contributed by atoms with Gasteiger partial charge in [0.25, 0.3) is 0 Å². The second-order valence-electron chi connectivity index (χ2n) is 0.305. The van der Waals surface area contributed by atoms with Gasteiger partial charge in [-0.05, 0) is 0 Å². The maximum absolute atomic E-state index is 8.67. The Hall–Kier alpha value is -0.211. The van der Waals surface area contributed by atoms with Crippen LogP contribution >= 0.6 is 0 Å². The standard InChI is InChI=1S/CH2NO2.Mn/c2-1(3)4;/h2H,(H,3,4);/q-1;. The van der Waals surface area contributed by atoms with E-state index in [1.165, 1.54) is 0 Å². The Morgan fingerprint density at radius 3 is 1.80 bits per heavy atom. The molecule has 0 bridgehead atoms. The molecule has 0 atom stereocenters. The van der Waals surface area contributed by atoms with Crippen LogP contribution in [-0.4, -0.2) is 11.2 Å². The van der Waals surface area contributed by atoms with Gasteiger partial charge in [-0.2, -0.15) is 0 Å². The van der Waals surface area contributed by atoms with E-state index in [0.29, 0.717) is 0 Å². The number of nitrogens with one attached hydrogen (secondary N) is 1. The first-order chi connectivity index (χ1) is 1.73. The number of rotatable bonds is 0. The predicted molar refractivity (Wildman–Crippen MR) is 12.3 cm³/mol. The minimum atomic E-state index is -1.58. The summed E-state index contributed by atoms with van der Waals surface area (Å²) in [5, 5.41) is 7.08. The summed E-state index contributed by atoms with van der Waals surface area (Å²) in [4.78, 5) is 8.67. The molecule has 3 nitrogen and oxygen atoms in total. The Morgan fingerprint density at radius 1 is 1.80 bits per heavy atom. The van der Waals surface area contributed by atoms with E-state index in [1.54, 1.807) is 0 Å². The molecule has 0 aromatic rings. The topological polar surface area (TPSA) is 61.1 Å². The molecule has 0 aromatic carbocycles. The Morgan fingerprint density at radius 2 is 1.80 bits per heavy atom. The third kappa shape index (κ3) is 274. The summed E-state index contributed by atoms with van der Waals surface area (Å²) in [7, 11) is 0. The summed E-state index contributed by atoms with van der Waals surface area (Å²) < 4.78 is 0. The molecule has 0 aromatic heterocycles.